The predicted octanol–water partition coefficient (Wildman–Crippen LogP) is 5.79. The summed E-state index contributed by atoms with van der Waals surface area (Å²) < 4.78 is 0. The predicted molar refractivity (Wildman–Crippen MR) is 86.4 cm³/mol. The SMILES string of the molecule is C=CC=CCCCCCC(O)CCCCCCCC. The lowest BCUT2D eigenvalue weighted by molar-refractivity contribution is 0.147. The number of unbranched alkanes of at least 4 members (excludes halogenated alkanes) is 8. The Morgan fingerprint density at radius 1 is 0.895 bits per heavy atom. The highest BCUT2D eigenvalue weighted by Crippen LogP contribution is 2.13. The molecule has 112 valence electrons. The molecule has 0 spiro atoms. The summed E-state index contributed by atoms with van der Waals surface area (Å²) >= 11 is 0. The van der Waals surface area contributed by atoms with E-state index in [1.165, 1.54) is 57.8 Å². The maximum Gasteiger partial charge on any atom is 0.0540 e. The fourth-order valence-corrected chi connectivity index (χ4v) is 2.32. The molecular weight excluding hydrogens is 232 g/mol. The van der Waals surface area contributed by atoms with Crippen molar-refractivity contribution in [2.45, 2.75) is 90.1 Å². The number of aliphatic hydroxyl groups excluding tert-OH is 1. The van der Waals surface area contributed by atoms with E-state index in [2.05, 4.69) is 19.6 Å². The number of rotatable bonds is 14. The van der Waals surface area contributed by atoms with Crippen LogP contribution < -0.4 is 0 Å². The molecule has 1 unspecified atom stereocenters. The largest absolute Gasteiger partial charge is 0.393 e. The van der Waals surface area contributed by atoms with E-state index >= 15 is 0 Å². The van der Waals surface area contributed by atoms with Crippen molar-refractivity contribution in [1.82, 2.24) is 0 Å². The molecule has 0 fully saturated rings. The van der Waals surface area contributed by atoms with E-state index in [4.69, 9.17) is 0 Å². The van der Waals surface area contributed by atoms with Crippen molar-refractivity contribution in [2.24, 2.45) is 0 Å². The van der Waals surface area contributed by atoms with E-state index in [9.17, 15) is 5.11 Å². The molecule has 0 amide bonds. The molecule has 0 aromatic carbocycles. The monoisotopic (exact) mass is 266 g/mol. The van der Waals surface area contributed by atoms with Crippen LogP contribution in [-0.4, -0.2) is 11.2 Å². The maximum absolute atomic E-state index is 9.87. The van der Waals surface area contributed by atoms with Crippen LogP contribution in [-0.2, 0) is 0 Å². The Bertz CT molecular complexity index is 208. The number of hydrogen-bond acceptors (Lipinski definition) is 1. The Balaban J connectivity index is 3.18. The summed E-state index contributed by atoms with van der Waals surface area (Å²) in [5, 5.41) is 9.87. The number of allylic oxidation sites excluding steroid dienone is 3. The van der Waals surface area contributed by atoms with Crippen molar-refractivity contribution in [2.75, 3.05) is 0 Å². The number of aliphatic hydroxyl groups is 1. The van der Waals surface area contributed by atoms with Crippen molar-refractivity contribution in [3.8, 4) is 0 Å². The van der Waals surface area contributed by atoms with Crippen LogP contribution in [0.4, 0.5) is 0 Å². The van der Waals surface area contributed by atoms with Gasteiger partial charge in [0.15, 0.2) is 0 Å². The second-order valence-electron chi connectivity index (χ2n) is 5.51. The molecule has 0 aliphatic heterocycles. The van der Waals surface area contributed by atoms with Crippen molar-refractivity contribution >= 4 is 0 Å². The van der Waals surface area contributed by atoms with Crippen LogP contribution in [0.25, 0.3) is 0 Å². The zero-order valence-electron chi connectivity index (χ0n) is 12.9. The van der Waals surface area contributed by atoms with Gasteiger partial charge in [-0.2, -0.15) is 0 Å². The molecule has 0 aliphatic carbocycles. The Morgan fingerprint density at radius 3 is 2.11 bits per heavy atom. The van der Waals surface area contributed by atoms with E-state index in [0.717, 1.165) is 19.3 Å². The highest BCUT2D eigenvalue weighted by Gasteiger charge is 2.03. The first-order valence-corrected chi connectivity index (χ1v) is 8.26. The fourth-order valence-electron chi connectivity index (χ4n) is 2.32. The lowest BCUT2D eigenvalue weighted by atomic mass is 10.0. The third kappa shape index (κ3) is 15.4. The average Bonchev–Trinajstić information content (AvgIpc) is 2.41. The van der Waals surface area contributed by atoms with Gasteiger partial charge in [-0.3, -0.25) is 0 Å². The number of hydrogen-bond donors (Lipinski definition) is 1. The van der Waals surface area contributed by atoms with E-state index in [0.29, 0.717) is 0 Å². The molecule has 0 radical (unpaired) electrons. The van der Waals surface area contributed by atoms with Gasteiger partial charge in [0.1, 0.15) is 0 Å². The van der Waals surface area contributed by atoms with Gasteiger partial charge in [-0.25, -0.2) is 0 Å². The minimum absolute atomic E-state index is 0.0603. The van der Waals surface area contributed by atoms with Crippen molar-refractivity contribution in [3.63, 3.8) is 0 Å². The Labute approximate surface area is 120 Å². The maximum atomic E-state index is 9.87. The molecule has 0 aromatic rings. The minimum atomic E-state index is -0.0603. The topological polar surface area (TPSA) is 20.2 Å². The van der Waals surface area contributed by atoms with Crippen LogP contribution in [0.1, 0.15) is 84.0 Å². The van der Waals surface area contributed by atoms with Crippen LogP contribution in [0.15, 0.2) is 24.8 Å². The molecule has 1 atom stereocenters. The molecule has 1 heteroatoms. The summed E-state index contributed by atoms with van der Waals surface area (Å²) in [6.45, 7) is 5.90. The molecule has 0 heterocycles. The standard InChI is InChI=1S/C18H34O/c1-3-5-7-9-11-13-15-17-18(19)16-14-12-10-8-6-4-2/h3,5,7,18-19H,1,4,6,8-17H2,2H3. The van der Waals surface area contributed by atoms with Crippen LogP contribution in [0.3, 0.4) is 0 Å². The zero-order valence-corrected chi connectivity index (χ0v) is 12.9. The quantitative estimate of drug-likeness (QED) is 0.311. The molecule has 0 rings (SSSR count). The van der Waals surface area contributed by atoms with Gasteiger partial charge in [0.2, 0.25) is 0 Å². The second kappa shape index (κ2) is 15.5. The van der Waals surface area contributed by atoms with Crippen LogP contribution >= 0.6 is 0 Å². The molecule has 0 aliphatic rings. The third-order valence-corrected chi connectivity index (χ3v) is 3.57. The average molecular weight is 266 g/mol. The summed E-state index contributed by atoms with van der Waals surface area (Å²) in [5.41, 5.74) is 0. The van der Waals surface area contributed by atoms with Crippen LogP contribution in [0.5, 0.6) is 0 Å². The van der Waals surface area contributed by atoms with Gasteiger partial charge in [0.05, 0.1) is 6.10 Å². The van der Waals surface area contributed by atoms with Crippen LogP contribution in [0, 0.1) is 0 Å². The van der Waals surface area contributed by atoms with Gasteiger partial charge in [0.25, 0.3) is 0 Å². The van der Waals surface area contributed by atoms with E-state index < -0.39 is 0 Å². The van der Waals surface area contributed by atoms with Crippen molar-refractivity contribution in [3.05, 3.63) is 24.8 Å². The van der Waals surface area contributed by atoms with Gasteiger partial charge in [-0.1, -0.05) is 83.1 Å². The lowest BCUT2D eigenvalue weighted by Gasteiger charge is -2.09. The van der Waals surface area contributed by atoms with E-state index in [-0.39, 0.29) is 6.10 Å². The summed E-state index contributed by atoms with van der Waals surface area (Å²) in [4.78, 5) is 0. The molecular formula is C18H34O. The molecule has 0 aromatic heterocycles. The van der Waals surface area contributed by atoms with Gasteiger partial charge in [0, 0.05) is 0 Å². The summed E-state index contributed by atoms with van der Waals surface area (Å²) in [5.74, 6) is 0. The smallest absolute Gasteiger partial charge is 0.0540 e. The van der Waals surface area contributed by atoms with Gasteiger partial charge in [-0.15, -0.1) is 0 Å². The van der Waals surface area contributed by atoms with Crippen molar-refractivity contribution in [1.29, 1.82) is 0 Å². The molecule has 0 saturated carbocycles. The first-order valence-electron chi connectivity index (χ1n) is 8.26. The molecule has 0 saturated heterocycles. The minimum Gasteiger partial charge on any atom is -0.393 e. The first-order chi connectivity index (χ1) is 9.31. The highest BCUT2D eigenvalue weighted by molar-refractivity contribution is 4.96. The summed E-state index contributed by atoms with van der Waals surface area (Å²) in [7, 11) is 0. The Hall–Kier alpha value is -0.560. The zero-order chi connectivity index (χ0) is 14.2. The van der Waals surface area contributed by atoms with Gasteiger partial charge < -0.3 is 5.11 Å². The Morgan fingerprint density at radius 2 is 1.47 bits per heavy atom. The van der Waals surface area contributed by atoms with Crippen LogP contribution in [0.2, 0.25) is 0 Å². The van der Waals surface area contributed by atoms with Gasteiger partial charge >= 0.3 is 0 Å². The normalized spacial score (nSPS) is 12.9. The highest BCUT2D eigenvalue weighted by atomic mass is 16.3. The first kappa shape index (κ1) is 18.4. The molecule has 1 nitrogen and oxygen atoms in total. The molecule has 19 heavy (non-hydrogen) atoms. The van der Waals surface area contributed by atoms with Gasteiger partial charge in [-0.05, 0) is 25.7 Å². The summed E-state index contributed by atoms with van der Waals surface area (Å²) in [6, 6.07) is 0. The fraction of sp³-hybridized carbons (Fsp3) is 0.778. The second-order valence-corrected chi connectivity index (χ2v) is 5.51. The molecule has 1 N–H and O–H groups in total. The Kier molecular flexibility index (Phi) is 15.0. The van der Waals surface area contributed by atoms with Crippen molar-refractivity contribution < 1.29 is 5.11 Å². The lowest BCUT2D eigenvalue weighted by Crippen LogP contribution is -2.05. The third-order valence-electron chi connectivity index (χ3n) is 3.57. The summed E-state index contributed by atoms with van der Waals surface area (Å²) in [6.07, 6.45) is 20.6. The van der Waals surface area contributed by atoms with E-state index in [1.54, 1.807) is 0 Å². The van der Waals surface area contributed by atoms with E-state index in [1.807, 2.05) is 12.2 Å². The molecule has 0 bridgehead atoms.